The topological polar surface area (TPSA) is 147 Å². The SMILES string of the molecule is CCCCCCCCCCCCOC(=O)NC1CC1=O.N[C@@H](Cc1c[nH]cn1)C(=O)O. The van der Waals surface area contributed by atoms with E-state index in [1.807, 2.05) is 0 Å². The summed E-state index contributed by atoms with van der Waals surface area (Å²) in [5.41, 5.74) is 5.92. The Morgan fingerprint density at radius 3 is 2.26 bits per heavy atom. The fraction of sp³-hybridized carbons (Fsp3) is 0.727. The maximum atomic E-state index is 11.2. The van der Waals surface area contributed by atoms with Gasteiger partial charge in [0.2, 0.25) is 0 Å². The van der Waals surface area contributed by atoms with Gasteiger partial charge in [-0.3, -0.25) is 9.59 Å². The number of Topliss-reactive ketones (excluding diaryl/α,β-unsaturated/α-hetero) is 1. The quantitative estimate of drug-likeness (QED) is 0.307. The largest absolute Gasteiger partial charge is 0.480 e. The lowest BCUT2D eigenvalue weighted by molar-refractivity contribution is -0.138. The van der Waals surface area contributed by atoms with Crippen LogP contribution in [0.5, 0.6) is 0 Å². The van der Waals surface area contributed by atoms with Crippen LogP contribution in [0, 0.1) is 0 Å². The summed E-state index contributed by atoms with van der Waals surface area (Å²) in [6, 6.07) is -1.13. The molecule has 1 aliphatic rings. The van der Waals surface area contributed by atoms with Crippen LogP contribution in [0.4, 0.5) is 4.79 Å². The Bertz CT molecular complexity index is 636. The molecule has 9 nitrogen and oxygen atoms in total. The second-order valence-electron chi connectivity index (χ2n) is 7.89. The zero-order valence-corrected chi connectivity index (χ0v) is 18.6. The summed E-state index contributed by atoms with van der Waals surface area (Å²) in [7, 11) is 0. The minimum atomic E-state index is -1.01. The summed E-state index contributed by atoms with van der Waals surface area (Å²) in [5.74, 6) is -0.908. The molecule has 1 aliphatic carbocycles. The third-order valence-corrected chi connectivity index (χ3v) is 4.96. The first-order chi connectivity index (χ1) is 14.9. The Kier molecular flexibility index (Phi) is 14.0. The number of nitrogens with zero attached hydrogens (tertiary/aromatic N) is 1. The highest BCUT2D eigenvalue weighted by Crippen LogP contribution is 2.13. The Labute approximate surface area is 184 Å². The van der Waals surface area contributed by atoms with Crippen LogP contribution >= 0.6 is 0 Å². The zero-order chi connectivity index (χ0) is 22.9. The molecule has 2 rings (SSSR count). The van der Waals surface area contributed by atoms with E-state index in [1.54, 1.807) is 6.20 Å². The average molecular weight is 439 g/mol. The third-order valence-electron chi connectivity index (χ3n) is 4.96. The average Bonchev–Trinajstić information content (AvgIpc) is 3.18. The van der Waals surface area contributed by atoms with E-state index in [-0.39, 0.29) is 18.2 Å². The molecule has 0 radical (unpaired) electrons. The number of aliphatic carboxylic acids is 1. The van der Waals surface area contributed by atoms with Crippen molar-refractivity contribution in [3.05, 3.63) is 18.2 Å². The molecule has 9 heteroatoms. The Morgan fingerprint density at radius 1 is 1.19 bits per heavy atom. The van der Waals surface area contributed by atoms with Gasteiger partial charge in [-0.05, 0) is 6.42 Å². The number of hydrogen-bond donors (Lipinski definition) is 4. The molecule has 0 aromatic carbocycles. The lowest BCUT2D eigenvalue weighted by Gasteiger charge is -2.05. The van der Waals surface area contributed by atoms with Crippen molar-refractivity contribution >= 4 is 17.8 Å². The molecule has 0 bridgehead atoms. The van der Waals surface area contributed by atoms with Crippen LogP contribution in [-0.4, -0.2) is 51.6 Å². The smallest absolute Gasteiger partial charge is 0.407 e. The van der Waals surface area contributed by atoms with Gasteiger partial charge in [-0.2, -0.15) is 0 Å². The second-order valence-corrected chi connectivity index (χ2v) is 7.89. The Hall–Kier alpha value is -2.42. The molecule has 0 aliphatic heterocycles. The first-order valence-corrected chi connectivity index (χ1v) is 11.4. The first kappa shape index (κ1) is 26.6. The second kappa shape index (κ2) is 16.3. The van der Waals surface area contributed by atoms with Crippen molar-refractivity contribution in [2.75, 3.05) is 6.61 Å². The monoisotopic (exact) mass is 438 g/mol. The zero-order valence-electron chi connectivity index (χ0n) is 18.6. The number of imidazole rings is 1. The number of rotatable bonds is 15. The van der Waals surface area contributed by atoms with Crippen LogP contribution in [0.25, 0.3) is 0 Å². The van der Waals surface area contributed by atoms with Gasteiger partial charge in [0.05, 0.1) is 24.7 Å². The number of hydrogen-bond acceptors (Lipinski definition) is 6. The summed E-state index contributed by atoms with van der Waals surface area (Å²) in [6.07, 6.45) is 16.1. The maximum absolute atomic E-state index is 11.2. The van der Waals surface area contributed by atoms with Crippen LogP contribution in [0.15, 0.2) is 12.5 Å². The van der Waals surface area contributed by atoms with E-state index in [2.05, 4.69) is 22.2 Å². The van der Waals surface area contributed by atoms with Crippen LogP contribution in [0.2, 0.25) is 0 Å². The van der Waals surface area contributed by atoms with Gasteiger partial charge in [0.1, 0.15) is 6.04 Å². The van der Waals surface area contributed by atoms with Crippen molar-refractivity contribution < 1.29 is 24.2 Å². The molecule has 1 amide bonds. The molecular formula is C22H38N4O5. The predicted octanol–water partition coefficient (Wildman–Crippen LogP) is 3.34. The molecule has 0 saturated heterocycles. The Balaban J connectivity index is 0.000000367. The number of ether oxygens (including phenoxy) is 1. The van der Waals surface area contributed by atoms with Crippen molar-refractivity contribution in [2.24, 2.45) is 5.73 Å². The number of amides is 1. The molecule has 2 atom stereocenters. The van der Waals surface area contributed by atoms with Crippen LogP contribution < -0.4 is 11.1 Å². The van der Waals surface area contributed by atoms with E-state index in [9.17, 15) is 14.4 Å². The molecule has 1 aromatic rings. The van der Waals surface area contributed by atoms with Crippen molar-refractivity contribution in [3.8, 4) is 0 Å². The molecule has 176 valence electrons. The molecule has 5 N–H and O–H groups in total. The minimum absolute atomic E-state index is 0.0980. The van der Waals surface area contributed by atoms with Gasteiger partial charge in [-0.1, -0.05) is 64.7 Å². The maximum Gasteiger partial charge on any atom is 0.407 e. The number of carboxylic acid groups (broad SMARTS) is 1. The molecular weight excluding hydrogens is 400 g/mol. The number of alkyl carbamates (subject to hydrolysis) is 1. The van der Waals surface area contributed by atoms with Crippen molar-refractivity contribution in [2.45, 2.75) is 96.1 Å². The number of nitrogens with one attached hydrogen (secondary N) is 2. The highest BCUT2D eigenvalue weighted by atomic mass is 16.5. The minimum Gasteiger partial charge on any atom is -0.480 e. The van der Waals surface area contributed by atoms with Crippen LogP contribution in [0.1, 0.15) is 83.2 Å². The van der Waals surface area contributed by atoms with E-state index in [0.29, 0.717) is 18.7 Å². The summed E-state index contributed by atoms with van der Waals surface area (Å²) >= 11 is 0. The lowest BCUT2D eigenvalue weighted by Crippen LogP contribution is -2.32. The Morgan fingerprint density at radius 2 is 1.77 bits per heavy atom. The normalized spacial score (nSPS) is 15.5. The van der Waals surface area contributed by atoms with Gasteiger partial charge in [0.15, 0.2) is 5.78 Å². The highest BCUT2D eigenvalue weighted by molar-refractivity contribution is 6.02. The van der Waals surface area contributed by atoms with Crippen molar-refractivity contribution in [1.29, 1.82) is 0 Å². The van der Waals surface area contributed by atoms with Gasteiger partial charge in [0, 0.05) is 19.0 Å². The number of unbranched alkanes of at least 4 members (excludes halogenated alkanes) is 9. The van der Waals surface area contributed by atoms with Gasteiger partial charge in [0.25, 0.3) is 0 Å². The number of nitrogens with two attached hydrogens (primary N) is 1. The fourth-order valence-corrected chi connectivity index (χ4v) is 2.93. The number of carbonyl (C=O) groups excluding carboxylic acids is 2. The van der Waals surface area contributed by atoms with Crippen LogP contribution in [-0.2, 0) is 20.7 Å². The summed E-state index contributed by atoms with van der Waals surface area (Å²) < 4.78 is 5.01. The van der Waals surface area contributed by atoms with E-state index < -0.39 is 18.1 Å². The molecule has 1 saturated carbocycles. The van der Waals surface area contributed by atoms with E-state index in [1.165, 1.54) is 57.7 Å². The van der Waals surface area contributed by atoms with E-state index in [4.69, 9.17) is 15.6 Å². The standard InChI is InChI=1S/C16H29NO3.C6H9N3O2/c1-2-3-4-5-6-7-8-9-10-11-12-20-16(19)17-14-13-15(14)18;7-5(6(10)11)1-4-2-8-3-9-4/h14H,2-13H2,1H3,(H,17,19);2-3,5H,1,7H2,(H,8,9)(H,10,11)/t;5-/m.0/s1. The van der Waals surface area contributed by atoms with Gasteiger partial charge in [-0.25, -0.2) is 9.78 Å². The summed E-state index contributed by atoms with van der Waals surface area (Å²) in [4.78, 5) is 38.7. The predicted molar refractivity (Wildman–Crippen MR) is 118 cm³/mol. The molecule has 0 spiro atoms. The summed E-state index contributed by atoms with van der Waals surface area (Å²) in [5, 5.41) is 10.9. The molecule has 1 fully saturated rings. The molecule has 1 unspecified atom stereocenters. The van der Waals surface area contributed by atoms with Gasteiger partial charge in [-0.15, -0.1) is 0 Å². The highest BCUT2D eigenvalue weighted by Gasteiger charge is 2.36. The van der Waals surface area contributed by atoms with Gasteiger partial charge >= 0.3 is 12.1 Å². The molecule has 1 aromatic heterocycles. The van der Waals surface area contributed by atoms with Crippen molar-refractivity contribution in [3.63, 3.8) is 0 Å². The number of aromatic nitrogens is 2. The fourth-order valence-electron chi connectivity index (χ4n) is 2.93. The molecule has 31 heavy (non-hydrogen) atoms. The number of carboxylic acids is 1. The number of carbonyl (C=O) groups is 3. The van der Waals surface area contributed by atoms with Crippen molar-refractivity contribution in [1.82, 2.24) is 15.3 Å². The lowest BCUT2D eigenvalue weighted by atomic mass is 10.1. The van der Waals surface area contributed by atoms with Crippen LogP contribution in [0.3, 0.4) is 0 Å². The van der Waals surface area contributed by atoms with E-state index >= 15 is 0 Å². The number of aromatic amines is 1. The van der Waals surface area contributed by atoms with Gasteiger partial charge < -0.3 is 25.9 Å². The molecule has 1 heterocycles. The van der Waals surface area contributed by atoms with E-state index in [0.717, 1.165) is 12.8 Å². The first-order valence-electron chi connectivity index (χ1n) is 11.4. The summed E-state index contributed by atoms with van der Waals surface area (Å²) in [6.45, 7) is 2.70. The third kappa shape index (κ3) is 14.3. The number of H-pyrrole nitrogens is 1. The number of ketones is 1.